The van der Waals surface area contributed by atoms with Crippen LogP contribution >= 0.6 is 11.5 Å². The molecule has 0 unspecified atom stereocenters. The lowest BCUT2D eigenvalue weighted by atomic mass is 10.0. The summed E-state index contributed by atoms with van der Waals surface area (Å²) < 4.78 is 4.43. The predicted molar refractivity (Wildman–Crippen MR) is 95.5 cm³/mol. The van der Waals surface area contributed by atoms with Crippen LogP contribution < -0.4 is 0 Å². The van der Waals surface area contributed by atoms with Gasteiger partial charge in [0.15, 0.2) is 5.82 Å². The molecule has 0 aliphatic rings. The Morgan fingerprint density at radius 3 is 2.46 bits per heavy atom. The van der Waals surface area contributed by atoms with Crippen LogP contribution in [-0.4, -0.2) is 14.3 Å². The first-order chi connectivity index (χ1) is 11.4. The Kier molecular flexibility index (Phi) is 4.40. The highest BCUT2D eigenvalue weighted by atomic mass is 32.1. The van der Waals surface area contributed by atoms with Crippen LogP contribution in [0.5, 0.6) is 0 Å². The molecule has 0 saturated carbocycles. The van der Waals surface area contributed by atoms with Gasteiger partial charge in [0, 0.05) is 23.6 Å². The molecular formula is C18H17N3O2S. The van der Waals surface area contributed by atoms with Gasteiger partial charge in [0.25, 0.3) is 5.69 Å². The topological polar surface area (TPSA) is 68.9 Å². The smallest absolute Gasteiger partial charge is 0.258 e. The van der Waals surface area contributed by atoms with Gasteiger partial charge in [-0.05, 0) is 49.5 Å². The average molecular weight is 339 g/mol. The van der Waals surface area contributed by atoms with Crippen molar-refractivity contribution in [3.05, 3.63) is 73.8 Å². The van der Waals surface area contributed by atoms with Crippen LogP contribution in [0.4, 0.5) is 5.69 Å². The van der Waals surface area contributed by atoms with Crippen molar-refractivity contribution in [1.29, 1.82) is 0 Å². The minimum atomic E-state index is -0.341. The Hall–Kier alpha value is -2.60. The van der Waals surface area contributed by atoms with Crippen LogP contribution in [0.3, 0.4) is 0 Å². The van der Waals surface area contributed by atoms with E-state index < -0.39 is 0 Å². The second kappa shape index (κ2) is 6.49. The van der Waals surface area contributed by atoms with Gasteiger partial charge in [0.1, 0.15) is 5.01 Å². The molecule has 6 heteroatoms. The van der Waals surface area contributed by atoms with Gasteiger partial charge >= 0.3 is 0 Å². The highest BCUT2D eigenvalue weighted by molar-refractivity contribution is 7.05. The van der Waals surface area contributed by atoms with E-state index in [0.717, 1.165) is 27.5 Å². The fraction of sp³-hybridized carbons (Fsp3) is 0.222. The molecular weight excluding hydrogens is 322 g/mol. The largest absolute Gasteiger partial charge is 0.272 e. The molecule has 3 rings (SSSR count). The number of hydrogen-bond donors (Lipinski definition) is 0. The van der Waals surface area contributed by atoms with Gasteiger partial charge in [-0.2, -0.15) is 4.37 Å². The molecule has 1 aromatic heterocycles. The summed E-state index contributed by atoms with van der Waals surface area (Å²) in [6.07, 6.45) is 0.633. The normalized spacial score (nSPS) is 10.8. The van der Waals surface area contributed by atoms with Crippen molar-refractivity contribution in [2.24, 2.45) is 0 Å². The number of nitrogens with zero attached hydrogens (tertiary/aromatic N) is 3. The van der Waals surface area contributed by atoms with E-state index in [2.05, 4.69) is 9.36 Å². The highest BCUT2D eigenvalue weighted by Gasteiger charge is 2.15. The summed E-state index contributed by atoms with van der Waals surface area (Å²) in [5.41, 5.74) is 4.98. The molecule has 3 aromatic rings. The van der Waals surface area contributed by atoms with Gasteiger partial charge < -0.3 is 0 Å². The van der Waals surface area contributed by atoms with E-state index in [-0.39, 0.29) is 10.6 Å². The molecule has 0 saturated heterocycles. The van der Waals surface area contributed by atoms with Crippen LogP contribution in [0.25, 0.3) is 11.4 Å². The van der Waals surface area contributed by atoms with Gasteiger partial charge in [-0.15, -0.1) is 0 Å². The zero-order valence-electron chi connectivity index (χ0n) is 13.7. The number of aryl methyl sites for hydroxylation is 3. The summed E-state index contributed by atoms with van der Waals surface area (Å²) >= 11 is 1.37. The molecule has 0 atom stereocenters. The summed E-state index contributed by atoms with van der Waals surface area (Å²) in [4.78, 5) is 15.3. The summed E-state index contributed by atoms with van der Waals surface area (Å²) in [5, 5.41) is 11.9. The Balaban J connectivity index is 1.86. The molecule has 0 N–H and O–H groups in total. The van der Waals surface area contributed by atoms with Crippen LogP contribution in [0.15, 0.2) is 36.4 Å². The SMILES string of the molecule is Cc1ccc(-c2nsc(Cc3cc(C)c([N+](=O)[O-])cc3C)n2)cc1. The van der Waals surface area contributed by atoms with E-state index >= 15 is 0 Å². The Morgan fingerprint density at radius 1 is 1.08 bits per heavy atom. The summed E-state index contributed by atoms with van der Waals surface area (Å²) in [6.45, 7) is 5.70. The second-order valence-electron chi connectivity index (χ2n) is 5.88. The molecule has 0 aliphatic heterocycles. The van der Waals surface area contributed by atoms with Gasteiger partial charge in [0.05, 0.1) is 4.92 Å². The quantitative estimate of drug-likeness (QED) is 0.513. The number of rotatable bonds is 4. The molecule has 0 aliphatic carbocycles. The molecule has 1 heterocycles. The molecule has 5 nitrogen and oxygen atoms in total. The lowest BCUT2D eigenvalue weighted by Gasteiger charge is -2.06. The maximum absolute atomic E-state index is 11.0. The Labute approximate surface area is 144 Å². The minimum Gasteiger partial charge on any atom is -0.258 e. The van der Waals surface area contributed by atoms with E-state index in [1.807, 2.05) is 44.2 Å². The average Bonchev–Trinajstić information content (AvgIpc) is 2.99. The van der Waals surface area contributed by atoms with Crippen molar-refractivity contribution >= 4 is 17.2 Å². The first-order valence-electron chi connectivity index (χ1n) is 7.58. The summed E-state index contributed by atoms with van der Waals surface area (Å²) in [6, 6.07) is 11.6. The molecule has 0 amide bonds. The van der Waals surface area contributed by atoms with Crippen molar-refractivity contribution in [2.75, 3.05) is 0 Å². The Morgan fingerprint density at radius 2 is 1.79 bits per heavy atom. The fourth-order valence-corrected chi connectivity index (χ4v) is 3.24. The molecule has 24 heavy (non-hydrogen) atoms. The first-order valence-corrected chi connectivity index (χ1v) is 8.35. The Bertz CT molecular complexity index is 901. The maximum Gasteiger partial charge on any atom is 0.272 e. The third kappa shape index (κ3) is 3.33. The van der Waals surface area contributed by atoms with Crippen molar-refractivity contribution in [3.63, 3.8) is 0 Å². The zero-order valence-corrected chi connectivity index (χ0v) is 14.6. The monoisotopic (exact) mass is 339 g/mol. The standard InChI is InChI=1S/C18H17N3O2S/c1-11-4-6-14(7-5-11)18-19-17(24-20-18)10-15-8-13(3)16(21(22)23)9-12(15)2/h4-9H,10H2,1-3H3. The minimum absolute atomic E-state index is 0.161. The van der Waals surface area contributed by atoms with Crippen molar-refractivity contribution in [2.45, 2.75) is 27.2 Å². The number of nitro groups is 1. The van der Waals surface area contributed by atoms with Crippen molar-refractivity contribution in [1.82, 2.24) is 9.36 Å². The molecule has 122 valence electrons. The van der Waals surface area contributed by atoms with Crippen molar-refractivity contribution in [3.8, 4) is 11.4 Å². The van der Waals surface area contributed by atoms with Gasteiger partial charge in [-0.1, -0.05) is 29.8 Å². The predicted octanol–water partition coefficient (Wildman–Crippen LogP) is 4.63. The van der Waals surface area contributed by atoms with E-state index in [1.165, 1.54) is 17.1 Å². The van der Waals surface area contributed by atoms with Crippen LogP contribution in [0, 0.1) is 30.9 Å². The highest BCUT2D eigenvalue weighted by Crippen LogP contribution is 2.26. The van der Waals surface area contributed by atoms with Crippen LogP contribution in [0.1, 0.15) is 27.3 Å². The molecule has 0 radical (unpaired) electrons. The molecule has 2 aromatic carbocycles. The third-order valence-electron chi connectivity index (χ3n) is 3.97. The maximum atomic E-state index is 11.0. The fourth-order valence-electron chi connectivity index (χ4n) is 2.56. The van der Waals surface area contributed by atoms with E-state index in [0.29, 0.717) is 12.0 Å². The van der Waals surface area contributed by atoms with Gasteiger partial charge in [-0.3, -0.25) is 10.1 Å². The summed E-state index contributed by atoms with van der Waals surface area (Å²) in [7, 11) is 0. The van der Waals surface area contributed by atoms with Gasteiger partial charge in [0.2, 0.25) is 0 Å². The lowest BCUT2D eigenvalue weighted by molar-refractivity contribution is -0.385. The number of hydrogen-bond acceptors (Lipinski definition) is 5. The lowest BCUT2D eigenvalue weighted by Crippen LogP contribution is -1.97. The molecule has 0 fully saturated rings. The summed E-state index contributed by atoms with van der Waals surface area (Å²) in [5.74, 6) is 0.728. The van der Waals surface area contributed by atoms with Crippen LogP contribution in [0.2, 0.25) is 0 Å². The van der Waals surface area contributed by atoms with E-state index in [4.69, 9.17) is 0 Å². The van der Waals surface area contributed by atoms with Gasteiger partial charge in [-0.25, -0.2) is 4.98 Å². The van der Waals surface area contributed by atoms with E-state index in [9.17, 15) is 10.1 Å². The van der Waals surface area contributed by atoms with E-state index in [1.54, 1.807) is 13.0 Å². The number of aromatic nitrogens is 2. The number of benzene rings is 2. The van der Waals surface area contributed by atoms with Crippen molar-refractivity contribution < 1.29 is 4.92 Å². The molecule has 0 bridgehead atoms. The second-order valence-corrected chi connectivity index (χ2v) is 6.71. The molecule has 0 spiro atoms. The number of nitro benzene ring substituents is 1. The van der Waals surface area contributed by atoms with Crippen LogP contribution in [-0.2, 0) is 6.42 Å². The zero-order chi connectivity index (χ0) is 17.3. The first kappa shape index (κ1) is 16.3. The third-order valence-corrected chi connectivity index (χ3v) is 4.68.